The van der Waals surface area contributed by atoms with Crippen molar-refractivity contribution in [2.75, 3.05) is 18.4 Å². The van der Waals surface area contributed by atoms with Crippen molar-refractivity contribution < 1.29 is 9.59 Å². The van der Waals surface area contributed by atoms with Gasteiger partial charge in [-0.1, -0.05) is 42.8 Å². The molecule has 2 aromatic carbocycles. The number of fused-ring (bicyclic) bond motifs is 1. The summed E-state index contributed by atoms with van der Waals surface area (Å²) < 4.78 is 0. The molecular formula is C19H21N3O2. The molecule has 2 aromatic rings. The van der Waals surface area contributed by atoms with E-state index in [1.807, 2.05) is 42.5 Å². The van der Waals surface area contributed by atoms with Crippen LogP contribution in [0.3, 0.4) is 0 Å². The first-order valence-corrected chi connectivity index (χ1v) is 8.61. The second-order valence-electron chi connectivity index (χ2n) is 6.52. The zero-order chi connectivity index (χ0) is 16.5. The molecule has 0 bridgehead atoms. The maximum Gasteiger partial charge on any atom is 0.340 e. The molecule has 1 heterocycles. The highest BCUT2D eigenvalue weighted by molar-refractivity contribution is 6.02. The molecule has 0 spiro atoms. The molecule has 2 aliphatic rings. The Hall–Kier alpha value is -2.56. The number of amides is 3. The van der Waals surface area contributed by atoms with Crippen LogP contribution in [0.2, 0.25) is 0 Å². The van der Waals surface area contributed by atoms with Gasteiger partial charge in [0.1, 0.15) is 0 Å². The predicted molar refractivity (Wildman–Crippen MR) is 93.3 cm³/mol. The Labute approximate surface area is 141 Å². The zero-order valence-corrected chi connectivity index (χ0v) is 13.6. The number of hydrogen-bond donors (Lipinski definition) is 1. The number of anilines is 1. The third-order valence-corrected chi connectivity index (χ3v) is 5.01. The summed E-state index contributed by atoms with van der Waals surface area (Å²) in [6, 6.07) is 13.6. The molecule has 1 aliphatic carbocycles. The van der Waals surface area contributed by atoms with Crippen molar-refractivity contribution in [2.45, 2.75) is 25.7 Å². The summed E-state index contributed by atoms with van der Waals surface area (Å²) in [5, 5.41) is 8.28. The number of carbonyl (C=O) groups is 2. The summed E-state index contributed by atoms with van der Waals surface area (Å²) >= 11 is 0. The average Bonchev–Trinajstić information content (AvgIpc) is 3.03. The topological polar surface area (TPSA) is 52.7 Å². The lowest BCUT2D eigenvalue weighted by atomic mass is 9.84. The summed E-state index contributed by atoms with van der Waals surface area (Å²) in [5.41, 5.74) is 0.779. The molecule has 1 saturated heterocycles. The van der Waals surface area contributed by atoms with E-state index in [-0.39, 0.29) is 17.9 Å². The van der Waals surface area contributed by atoms with Gasteiger partial charge in [0.15, 0.2) is 0 Å². The van der Waals surface area contributed by atoms with Crippen LogP contribution in [0.4, 0.5) is 10.5 Å². The maximum atomic E-state index is 12.7. The van der Waals surface area contributed by atoms with Crippen molar-refractivity contribution in [2.24, 2.45) is 5.92 Å². The molecule has 1 aliphatic heterocycles. The fourth-order valence-electron chi connectivity index (χ4n) is 3.43. The second kappa shape index (κ2) is 6.15. The highest BCUT2D eigenvalue weighted by Crippen LogP contribution is 2.30. The van der Waals surface area contributed by atoms with Crippen LogP contribution >= 0.6 is 0 Å². The lowest BCUT2D eigenvalue weighted by Crippen LogP contribution is -2.49. The normalized spacial score (nSPS) is 17.8. The summed E-state index contributed by atoms with van der Waals surface area (Å²) in [6.45, 7) is 1.23. The molecule has 0 radical (unpaired) electrons. The van der Waals surface area contributed by atoms with Gasteiger partial charge in [-0.25, -0.2) is 14.8 Å². The molecule has 5 heteroatoms. The maximum absolute atomic E-state index is 12.7. The Morgan fingerprint density at radius 1 is 0.917 bits per heavy atom. The van der Waals surface area contributed by atoms with E-state index >= 15 is 0 Å². The number of urea groups is 1. The first-order chi connectivity index (χ1) is 11.7. The fourth-order valence-corrected chi connectivity index (χ4v) is 3.43. The van der Waals surface area contributed by atoms with Crippen molar-refractivity contribution in [3.05, 3.63) is 42.5 Å². The van der Waals surface area contributed by atoms with Gasteiger partial charge < -0.3 is 5.32 Å². The van der Waals surface area contributed by atoms with Gasteiger partial charge in [-0.15, -0.1) is 0 Å². The summed E-state index contributed by atoms with van der Waals surface area (Å²) in [4.78, 5) is 25.2. The predicted octanol–water partition coefficient (Wildman–Crippen LogP) is 3.62. The van der Waals surface area contributed by atoms with E-state index in [4.69, 9.17) is 0 Å². The SMILES string of the molecule is O=C(Nc1cccc2ccccc12)N1CCCN1C(=O)C1CCC1. The quantitative estimate of drug-likeness (QED) is 0.917. The number of benzene rings is 2. The molecule has 0 atom stereocenters. The van der Waals surface area contributed by atoms with Gasteiger partial charge >= 0.3 is 6.03 Å². The number of nitrogens with zero attached hydrogens (tertiary/aromatic N) is 2. The van der Waals surface area contributed by atoms with Crippen molar-refractivity contribution in [3.63, 3.8) is 0 Å². The van der Waals surface area contributed by atoms with Gasteiger partial charge in [0.2, 0.25) is 5.91 Å². The highest BCUT2D eigenvalue weighted by atomic mass is 16.2. The monoisotopic (exact) mass is 323 g/mol. The molecule has 1 N–H and O–H groups in total. The third-order valence-electron chi connectivity index (χ3n) is 5.01. The third kappa shape index (κ3) is 2.60. The van der Waals surface area contributed by atoms with E-state index in [0.717, 1.165) is 42.1 Å². The van der Waals surface area contributed by atoms with E-state index in [1.54, 1.807) is 10.0 Å². The van der Waals surface area contributed by atoms with Crippen LogP contribution in [0.5, 0.6) is 0 Å². The molecule has 5 nitrogen and oxygen atoms in total. The first kappa shape index (κ1) is 15.0. The Bertz CT molecular complexity index is 780. The van der Waals surface area contributed by atoms with Crippen LogP contribution in [0.25, 0.3) is 10.8 Å². The lowest BCUT2D eigenvalue weighted by molar-refractivity contribution is -0.147. The van der Waals surface area contributed by atoms with Gasteiger partial charge in [0, 0.05) is 24.4 Å². The molecule has 0 aromatic heterocycles. The van der Waals surface area contributed by atoms with E-state index < -0.39 is 0 Å². The first-order valence-electron chi connectivity index (χ1n) is 8.61. The van der Waals surface area contributed by atoms with Gasteiger partial charge in [-0.05, 0) is 30.7 Å². The Morgan fingerprint density at radius 3 is 2.46 bits per heavy atom. The summed E-state index contributed by atoms with van der Waals surface area (Å²) in [6.07, 6.45) is 3.86. The molecular weight excluding hydrogens is 302 g/mol. The van der Waals surface area contributed by atoms with E-state index in [2.05, 4.69) is 5.32 Å². The van der Waals surface area contributed by atoms with Crippen LogP contribution < -0.4 is 5.32 Å². The second-order valence-corrected chi connectivity index (χ2v) is 6.52. The fraction of sp³-hybridized carbons (Fsp3) is 0.368. The summed E-state index contributed by atoms with van der Waals surface area (Å²) in [5.74, 6) is 0.211. The van der Waals surface area contributed by atoms with Gasteiger partial charge in [0.05, 0.1) is 5.69 Å². The lowest BCUT2D eigenvalue weighted by Gasteiger charge is -2.34. The van der Waals surface area contributed by atoms with Crippen LogP contribution in [0.1, 0.15) is 25.7 Å². The zero-order valence-electron chi connectivity index (χ0n) is 13.6. The summed E-state index contributed by atoms with van der Waals surface area (Å²) in [7, 11) is 0. The van der Waals surface area contributed by atoms with E-state index in [1.165, 1.54) is 0 Å². The molecule has 0 unspecified atom stereocenters. The number of nitrogens with one attached hydrogen (secondary N) is 1. The van der Waals surface area contributed by atoms with Gasteiger partial charge in [-0.3, -0.25) is 4.79 Å². The van der Waals surface area contributed by atoms with Gasteiger partial charge in [-0.2, -0.15) is 0 Å². The van der Waals surface area contributed by atoms with Crippen molar-refractivity contribution in [3.8, 4) is 0 Å². The Morgan fingerprint density at radius 2 is 1.67 bits per heavy atom. The van der Waals surface area contributed by atoms with Crippen LogP contribution in [0, 0.1) is 5.92 Å². The van der Waals surface area contributed by atoms with Crippen molar-refractivity contribution in [1.82, 2.24) is 10.0 Å². The van der Waals surface area contributed by atoms with Crippen LogP contribution in [0.15, 0.2) is 42.5 Å². The minimum atomic E-state index is -0.225. The van der Waals surface area contributed by atoms with E-state index in [0.29, 0.717) is 13.1 Å². The van der Waals surface area contributed by atoms with Gasteiger partial charge in [0.25, 0.3) is 0 Å². The minimum Gasteiger partial charge on any atom is -0.306 e. The smallest absolute Gasteiger partial charge is 0.306 e. The molecule has 3 amide bonds. The number of hydrazine groups is 1. The number of carbonyl (C=O) groups excluding carboxylic acids is 2. The molecule has 1 saturated carbocycles. The van der Waals surface area contributed by atoms with Crippen LogP contribution in [-0.2, 0) is 4.79 Å². The van der Waals surface area contributed by atoms with Crippen molar-refractivity contribution in [1.29, 1.82) is 0 Å². The largest absolute Gasteiger partial charge is 0.340 e. The standard InChI is InChI=1S/C19H21N3O2/c23-18(15-8-3-9-15)21-12-5-13-22(21)19(24)20-17-11-4-7-14-6-1-2-10-16(14)17/h1-2,4,6-7,10-11,15H,3,5,8-9,12-13H2,(H,20,24). The molecule has 124 valence electrons. The average molecular weight is 323 g/mol. The highest BCUT2D eigenvalue weighted by Gasteiger charge is 2.36. The molecule has 24 heavy (non-hydrogen) atoms. The number of rotatable bonds is 2. The van der Waals surface area contributed by atoms with Crippen molar-refractivity contribution >= 4 is 28.4 Å². The van der Waals surface area contributed by atoms with E-state index in [9.17, 15) is 9.59 Å². The Kier molecular flexibility index (Phi) is 3.84. The van der Waals surface area contributed by atoms with Crippen LogP contribution in [-0.4, -0.2) is 35.0 Å². The molecule has 4 rings (SSSR count). The minimum absolute atomic E-state index is 0.104. The molecule has 2 fully saturated rings. The Balaban J connectivity index is 1.53. The number of hydrogen-bond acceptors (Lipinski definition) is 2.